The zero-order chi connectivity index (χ0) is 26.0. The standard InChI is InChI=1S/C31H36P2.C5.Fe/c1-25(32(26-15-6-2-7-16-26)27-17-8-3-9-18-27)30-23-14-24-31(30)33(28-19-10-4-11-20-28)29-21-12-5-13-22-29;1-2-4-5-3-1;/h2-3,6-9,15-18,25,28-29H,4-5,10-13,19-22H2,1H3;;/q2*-1;+2/t25-;;/m1../s1. The predicted octanol–water partition coefficient (Wildman–Crippen LogP) is 9.55. The molecular weight excluding hydrogens is 550 g/mol. The van der Waals surface area contributed by atoms with Gasteiger partial charge in [-0.25, -0.2) is 5.73 Å². The summed E-state index contributed by atoms with van der Waals surface area (Å²) in [5, 5.41) is 4.48. The van der Waals surface area contributed by atoms with E-state index in [2.05, 4.69) is 115 Å². The van der Waals surface area contributed by atoms with Gasteiger partial charge in [0.15, 0.2) is 0 Å². The van der Waals surface area contributed by atoms with Crippen molar-refractivity contribution in [3.63, 3.8) is 0 Å². The molecule has 5 aliphatic carbocycles. The third kappa shape index (κ3) is 7.86. The van der Waals surface area contributed by atoms with Crippen molar-refractivity contribution in [1.82, 2.24) is 0 Å². The van der Waals surface area contributed by atoms with Crippen LogP contribution >= 0.6 is 15.8 Å². The molecule has 0 amide bonds. The van der Waals surface area contributed by atoms with Gasteiger partial charge < -0.3 is 0 Å². The van der Waals surface area contributed by atoms with Crippen molar-refractivity contribution in [2.75, 3.05) is 0 Å². The van der Waals surface area contributed by atoms with Crippen molar-refractivity contribution in [3.05, 3.63) is 124 Å². The molecule has 198 valence electrons. The van der Waals surface area contributed by atoms with Crippen molar-refractivity contribution in [2.24, 2.45) is 0 Å². The normalized spacial score (nSPS) is 21.0. The molecule has 2 saturated carbocycles. The second-order valence-electron chi connectivity index (χ2n) is 10.5. The largest absolute Gasteiger partial charge is 2.00 e. The quantitative estimate of drug-likeness (QED) is 0.129. The third-order valence-corrected chi connectivity index (χ3v) is 14.2. The minimum Gasteiger partial charge on any atom is -0.288 e. The summed E-state index contributed by atoms with van der Waals surface area (Å²) in [5.41, 5.74) is 21.9. The first-order chi connectivity index (χ1) is 18.8. The van der Waals surface area contributed by atoms with Crippen LogP contribution in [0.2, 0.25) is 0 Å². The van der Waals surface area contributed by atoms with Gasteiger partial charge in [-0.3, -0.25) is 11.5 Å². The second kappa shape index (κ2) is 15.8. The summed E-state index contributed by atoms with van der Waals surface area (Å²) in [4.78, 5) is 0. The average Bonchev–Trinajstić information content (AvgIpc) is 3.72. The Labute approximate surface area is 249 Å². The van der Waals surface area contributed by atoms with Gasteiger partial charge in [-0.15, -0.1) is 23.9 Å². The smallest absolute Gasteiger partial charge is 0.288 e. The predicted molar refractivity (Wildman–Crippen MR) is 164 cm³/mol. The Kier molecular flexibility index (Phi) is 12.2. The SMILES string of the molecule is C[C@H](C1=C=C=C=C1P(C1CCCCC1)C1CCCCC1)P(C1=C[CH]C=C[CH-]1)c1ccccc1.[C]1=C=C=C=[C-]1.[Fe+2]. The van der Waals surface area contributed by atoms with Gasteiger partial charge in [0.05, 0.1) is 0 Å². The molecule has 0 N–H and O–H groups in total. The molecule has 39 heavy (non-hydrogen) atoms. The molecule has 0 bridgehead atoms. The minimum absolute atomic E-state index is 0. The van der Waals surface area contributed by atoms with Gasteiger partial charge in [0.2, 0.25) is 0 Å². The van der Waals surface area contributed by atoms with Crippen LogP contribution in [-0.2, 0) is 17.1 Å². The Morgan fingerprint density at radius 3 is 2.10 bits per heavy atom. The maximum Gasteiger partial charge on any atom is 2.00 e. The van der Waals surface area contributed by atoms with Crippen molar-refractivity contribution in [1.29, 1.82) is 0 Å². The summed E-state index contributed by atoms with van der Waals surface area (Å²) in [6.45, 7) is 2.46. The van der Waals surface area contributed by atoms with E-state index in [0.717, 1.165) is 11.3 Å². The average molecular weight is 586 g/mol. The van der Waals surface area contributed by atoms with Gasteiger partial charge in [0, 0.05) is 16.5 Å². The van der Waals surface area contributed by atoms with Gasteiger partial charge in [-0.05, 0) is 48.0 Å². The van der Waals surface area contributed by atoms with Crippen LogP contribution in [0.3, 0.4) is 0 Å². The molecule has 2 fully saturated rings. The number of benzene rings is 1. The Morgan fingerprint density at radius 1 is 0.872 bits per heavy atom. The molecule has 2 atom stereocenters. The number of allylic oxidation sites excluding steroid dienone is 8. The maximum atomic E-state index is 3.70. The minimum atomic E-state index is -0.499. The molecule has 1 aromatic rings. The molecule has 1 aromatic carbocycles. The first kappa shape index (κ1) is 30.1. The molecule has 0 heterocycles. The van der Waals surface area contributed by atoms with E-state index < -0.39 is 7.92 Å². The van der Waals surface area contributed by atoms with E-state index in [1.165, 1.54) is 80.4 Å². The molecule has 0 aromatic heterocycles. The Morgan fingerprint density at radius 2 is 1.56 bits per heavy atom. The topological polar surface area (TPSA) is 0 Å². The van der Waals surface area contributed by atoms with Crippen LogP contribution in [0, 0.1) is 25.0 Å². The monoisotopic (exact) mass is 586 g/mol. The van der Waals surface area contributed by atoms with Crippen LogP contribution in [-0.4, -0.2) is 17.0 Å². The van der Waals surface area contributed by atoms with E-state index >= 15 is 0 Å². The van der Waals surface area contributed by atoms with Crippen LogP contribution in [0.4, 0.5) is 0 Å². The zero-order valence-electron chi connectivity index (χ0n) is 22.8. The number of hydrogen-bond acceptors (Lipinski definition) is 0. The summed E-state index contributed by atoms with van der Waals surface area (Å²) in [5.74, 6) is 0. The van der Waals surface area contributed by atoms with Gasteiger partial charge in [-0.2, -0.15) is 24.6 Å². The van der Waals surface area contributed by atoms with Crippen molar-refractivity contribution >= 4 is 21.1 Å². The van der Waals surface area contributed by atoms with Gasteiger partial charge in [0.1, 0.15) is 0 Å². The second-order valence-corrected chi connectivity index (χ2v) is 15.7. The Balaban J connectivity index is 0.000000530. The molecule has 5 aliphatic rings. The van der Waals surface area contributed by atoms with Gasteiger partial charge >= 0.3 is 17.1 Å². The molecule has 3 heteroatoms. The fourth-order valence-electron chi connectivity index (χ4n) is 6.23. The summed E-state index contributed by atoms with van der Waals surface area (Å²) < 4.78 is 0. The summed E-state index contributed by atoms with van der Waals surface area (Å²) >= 11 is 0. The molecular formula is C36H36FeP2. The Hall–Kier alpha value is -1.89. The Bertz CT molecular complexity index is 1280. The van der Waals surface area contributed by atoms with E-state index in [1.807, 2.05) is 0 Å². The van der Waals surface area contributed by atoms with E-state index in [1.54, 1.807) is 5.31 Å². The summed E-state index contributed by atoms with van der Waals surface area (Å²) in [6, 6.07) is 11.2. The van der Waals surface area contributed by atoms with E-state index in [-0.39, 0.29) is 25.0 Å². The van der Waals surface area contributed by atoms with Gasteiger partial charge in [-0.1, -0.05) is 103 Å². The first-order valence-electron chi connectivity index (χ1n) is 14.3. The van der Waals surface area contributed by atoms with E-state index in [4.69, 9.17) is 0 Å². The van der Waals surface area contributed by atoms with Crippen LogP contribution in [0.25, 0.3) is 0 Å². The molecule has 2 radical (unpaired) electrons. The van der Waals surface area contributed by atoms with Crippen LogP contribution < -0.4 is 5.30 Å². The number of hydrogen-bond donors (Lipinski definition) is 0. The van der Waals surface area contributed by atoms with Crippen molar-refractivity contribution < 1.29 is 17.1 Å². The molecule has 0 spiro atoms. The molecule has 0 saturated heterocycles. The van der Waals surface area contributed by atoms with E-state index in [9.17, 15) is 0 Å². The molecule has 1 unspecified atom stereocenters. The molecule has 0 nitrogen and oxygen atoms in total. The number of rotatable bonds is 7. The third-order valence-electron chi connectivity index (χ3n) is 8.01. The summed E-state index contributed by atoms with van der Waals surface area (Å²) in [6.07, 6.45) is 30.5. The first-order valence-corrected chi connectivity index (χ1v) is 17.2. The van der Waals surface area contributed by atoms with Crippen LogP contribution in [0.5, 0.6) is 0 Å². The van der Waals surface area contributed by atoms with Crippen molar-refractivity contribution in [2.45, 2.75) is 88.1 Å². The van der Waals surface area contributed by atoms with Gasteiger partial charge in [0.25, 0.3) is 0 Å². The maximum absolute atomic E-state index is 3.70. The summed E-state index contributed by atoms with van der Waals surface area (Å²) in [7, 11) is -0.678. The van der Waals surface area contributed by atoms with Crippen molar-refractivity contribution in [3.8, 4) is 0 Å². The fourth-order valence-corrected chi connectivity index (χ4v) is 12.8. The van der Waals surface area contributed by atoms with Crippen LogP contribution in [0.1, 0.15) is 71.1 Å². The zero-order valence-corrected chi connectivity index (χ0v) is 25.7. The fraction of sp³-hybridized carbons (Fsp3) is 0.389. The van der Waals surface area contributed by atoms with E-state index in [0.29, 0.717) is 5.66 Å². The molecule has 6 rings (SSSR count). The van der Waals surface area contributed by atoms with Crippen LogP contribution in [0.15, 0.2) is 99.1 Å². The molecule has 0 aliphatic heterocycles.